The van der Waals surface area contributed by atoms with E-state index in [1.807, 2.05) is 30.3 Å². The van der Waals surface area contributed by atoms with E-state index in [4.69, 9.17) is 42.3 Å². The van der Waals surface area contributed by atoms with Gasteiger partial charge in [-0.1, -0.05) is 110 Å². The first-order valence-corrected chi connectivity index (χ1v) is 23.4. The van der Waals surface area contributed by atoms with E-state index >= 15 is 0 Å². The molecule has 2 aliphatic rings. The van der Waals surface area contributed by atoms with Crippen LogP contribution in [0.5, 0.6) is 17.2 Å². The Kier molecular flexibility index (Phi) is 15.1. The zero-order valence-corrected chi connectivity index (χ0v) is 38.7. The number of fused-ring (bicyclic) bond motifs is 1. The van der Waals surface area contributed by atoms with E-state index in [0.29, 0.717) is 11.3 Å². The van der Waals surface area contributed by atoms with E-state index in [0.717, 1.165) is 31.2 Å². The highest BCUT2D eigenvalue weighted by Gasteiger charge is 2.54. The molecule has 2 heterocycles. The van der Waals surface area contributed by atoms with Gasteiger partial charge in [-0.2, -0.15) is 0 Å². The lowest BCUT2D eigenvalue weighted by Gasteiger charge is -2.44. The summed E-state index contributed by atoms with van der Waals surface area (Å²) in [4.78, 5) is 69.6. The predicted molar refractivity (Wildman–Crippen MR) is 258 cm³/mol. The maximum atomic E-state index is 14.1. The van der Waals surface area contributed by atoms with Crippen LogP contribution < -0.4 is 19.8 Å². The van der Waals surface area contributed by atoms with Crippen LogP contribution in [0.4, 0.5) is 0 Å². The van der Waals surface area contributed by atoms with Crippen molar-refractivity contribution in [2.45, 2.75) is 76.0 Å². The van der Waals surface area contributed by atoms with E-state index < -0.39 is 66.8 Å². The van der Waals surface area contributed by atoms with Gasteiger partial charge in [0.05, 0.1) is 33.7 Å². The van der Waals surface area contributed by atoms with Gasteiger partial charge in [-0.25, -0.2) is 24.0 Å². The van der Waals surface area contributed by atoms with Gasteiger partial charge in [0.25, 0.3) is 0 Å². The largest absolute Gasteiger partial charge is 0.484 e. The topological polar surface area (TPSA) is 172 Å². The Morgan fingerprint density at radius 1 is 0.535 bits per heavy atom. The maximum Gasteiger partial charge on any atom is 0.383 e. The third-order valence-electron chi connectivity index (χ3n) is 12.3. The van der Waals surface area contributed by atoms with Gasteiger partial charge in [0, 0.05) is 6.07 Å². The van der Waals surface area contributed by atoms with E-state index in [9.17, 15) is 24.0 Å². The molecule has 14 nitrogen and oxygen atoms in total. The number of esters is 4. The summed E-state index contributed by atoms with van der Waals surface area (Å²) in [6.07, 6.45) is -4.79. The lowest BCUT2D eigenvalue weighted by molar-refractivity contribution is -0.275. The molecule has 362 valence electrons. The Bertz CT molecular complexity index is 2980. The van der Waals surface area contributed by atoms with Crippen molar-refractivity contribution in [2.75, 3.05) is 6.61 Å². The molecule has 0 bridgehead atoms. The molecule has 9 rings (SSSR count). The van der Waals surface area contributed by atoms with Gasteiger partial charge in [-0.3, -0.25) is 0 Å². The number of carbonyl (C=O) groups is 4. The van der Waals surface area contributed by atoms with Crippen molar-refractivity contribution in [3.05, 3.63) is 208 Å². The quantitative estimate of drug-likeness (QED) is 0.0509. The summed E-state index contributed by atoms with van der Waals surface area (Å²) < 4.78 is 56.2. The van der Waals surface area contributed by atoms with Crippen molar-refractivity contribution in [2.24, 2.45) is 5.92 Å². The van der Waals surface area contributed by atoms with Crippen LogP contribution in [-0.4, -0.2) is 67.3 Å². The fourth-order valence-corrected chi connectivity index (χ4v) is 8.45. The molecule has 0 amide bonds. The van der Waals surface area contributed by atoms with Gasteiger partial charge < -0.3 is 42.3 Å². The molecule has 6 aromatic carbocycles. The maximum absolute atomic E-state index is 14.1. The fourth-order valence-electron chi connectivity index (χ4n) is 8.45. The van der Waals surface area contributed by atoms with E-state index in [2.05, 4.69) is 6.92 Å². The summed E-state index contributed by atoms with van der Waals surface area (Å²) in [6.45, 7) is 1.76. The predicted octanol–water partition coefficient (Wildman–Crippen LogP) is 9.97. The van der Waals surface area contributed by atoms with E-state index in [1.165, 1.54) is 42.5 Å². The Morgan fingerprint density at radius 2 is 1.03 bits per heavy atom. The van der Waals surface area contributed by atoms with Crippen molar-refractivity contribution >= 4 is 34.8 Å². The van der Waals surface area contributed by atoms with Crippen LogP contribution in [-0.2, 0) is 30.3 Å². The molecule has 0 N–H and O–H groups in total. The van der Waals surface area contributed by atoms with Gasteiger partial charge in [-0.15, -0.1) is 0 Å². The average molecular weight is 959 g/mol. The smallest absolute Gasteiger partial charge is 0.383 e. The molecule has 1 aliphatic carbocycles. The number of rotatable bonds is 16. The van der Waals surface area contributed by atoms with Crippen molar-refractivity contribution in [1.82, 2.24) is 0 Å². The molecule has 14 heteroatoms. The van der Waals surface area contributed by atoms with Crippen LogP contribution in [0.1, 0.15) is 79.6 Å². The summed E-state index contributed by atoms with van der Waals surface area (Å²) in [5, 5.41) is 0.400. The second-order valence-corrected chi connectivity index (χ2v) is 17.3. The van der Waals surface area contributed by atoms with Crippen LogP contribution in [0.15, 0.2) is 179 Å². The number of hydrogen-bond acceptors (Lipinski definition) is 14. The molecule has 2 fully saturated rings. The number of carbonyl (C=O) groups excluding carboxylic acids is 4. The Balaban J connectivity index is 1.12. The van der Waals surface area contributed by atoms with Crippen LogP contribution in [0.3, 0.4) is 0 Å². The summed E-state index contributed by atoms with van der Waals surface area (Å²) in [7, 11) is 0. The second-order valence-electron chi connectivity index (χ2n) is 17.3. The minimum Gasteiger partial charge on any atom is -0.484 e. The SMILES string of the molecule is C[C@H]1CC[C@@H](Oc2c(OCc3ccccc3)c3ccc(O[C@@H]4O[C@H](COC(=O)c5ccccc5)[C@H](OC(=O)c5ccccc5)[C@H](OC(=O)c5ccccc5)[C@H]4OC(=O)c4ccccc4)cc3oc2=O)CC1. The zero-order chi connectivity index (χ0) is 49.1. The molecule has 0 radical (unpaired) electrons. The molecule has 1 aliphatic heterocycles. The Morgan fingerprint density at radius 3 is 1.58 bits per heavy atom. The van der Waals surface area contributed by atoms with Crippen LogP contribution in [0.2, 0.25) is 0 Å². The van der Waals surface area contributed by atoms with Crippen LogP contribution in [0, 0.1) is 5.92 Å². The molecule has 5 atom stereocenters. The number of hydrogen-bond donors (Lipinski definition) is 0. The molecule has 1 saturated heterocycles. The number of ether oxygens (including phenoxy) is 8. The number of benzene rings is 6. The lowest BCUT2D eigenvalue weighted by atomic mass is 9.89. The lowest BCUT2D eigenvalue weighted by Crippen LogP contribution is -2.63. The normalized spacial score (nSPS) is 20.7. The molecule has 7 aromatic rings. The Labute approximate surface area is 408 Å². The molecular formula is C57H50O14. The van der Waals surface area contributed by atoms with Crippen molar-refractivity contribution in [3.63, 3.8) is 0 Å². The van der Waals surface area contributed by atoms with Gasteiger partial charge in [0.1, 0.15) is 30.7 Å². The molecule has 1 saturated carbocycles. The third kappa shape index (κ3) is 11.8. The average Bonchev–Trinajstić information content (AvgIpc) is 3.41. The minimum absolute atomic E-state index is 0.0442. The van der Waals surface area contributed by atoms with Crippen LogP contribution in [0.25, 0.3) is 11.0 Å². The Hall–Kier alpha value is -8.23. The van der Waals surface area contributed by atoms with Gasteiger partial charge >= 0.3 is 29.5 Å². The first-order chi connectivity index (χ1) is 34.7. The summed E-state index contributed by atoms with van der Waals surface area (Å²) in [5.74, 6) is -2.57. The van der Waals surface area contributed by atoms with Gasteiger partial charge in [0.15, 0.2) is 18.0 Å². The minimum atomic E-state index is -1.67. The first kappa shape index (κ1) is 47.8. The van der Waals surface area contributed by atoms with Crippen molar-refractivity contribution in [3.8, 4) is 17.2 Å². The summed E-state index contributed by atoms with van der Waals surface area (Å²) in [6, 6.07) is 46.5. The molecule has 1 aromatic heterocycles. The molecule has 0 unspecified atom stereocenters. The highest BCUT2D eigenvalue weighted by Crippen LogP contribution is 2.39. The van der Waals surface area contributed by atoms with Crippen molar-refractivity contribution in [1.29, 1.82) is 0 Å². The highest BCUT2D eigenvalue weighted by molar-refractivity contribution is 5.92. The molecule has 71 heavy (non-hydrogen) atoms. The molecule has 0 spiro atoms. The van der Waals surface area contributed by atoms with Gasteiger partial charge in [0.2, 0.25) is 18.1 Å². The third-order valence-corrected chi connectivity index (χ3v) is 12.3. The standard InChI is InChI=1S/C57H50O14/c1-36-27-29-42(30-28-36)65-50-47(63-34-37-17-7-2-8-18-37)44-32-31-43(33-45(44)67-56(50)62)66-57-51(71-55(61)41-25-15-6-16-26-41)49(70-54(60)40-23-13-5-14-24-40)48(69-53(59)39-21-11-4-12-22-39)46(68-57)35-64-52(58)38-19-9-3-10-20-38/h2-26,31-33,36,42,46,48-49,51,57H,27-30,34-35H2,1H3/t36-,42+,46-,48+,49+,51-,57-/m1/s1. The van der Waals surface area contributed by atoms with Gasteiger partial charge in [-0.05, 0) is 97.8 Å². The fraction of sp³-hybridized carbons (Fsp3) is 0.246. The molecular weight excluding hydrogens is 909 g/mol. The highest BCUT2D eigenvalue weighted by atomic mass is 16.7. The second kappa shape index (κ2) is 22.5. The van der Waals surface area contributed by atoms with Crippen LogP contribution >= 0.6 is 0 Å². The summed E-state index contributed by atoms with van der Waals surface area (Å²) in [5.41, 5.74) is 0.774. The zero-order valence-electron chi connectivity index (χ0n) is 38.7. The first-order valence-electron chi connectivity index (χ1n) is 23.4. The van der Waals surface area contributed by atoms with E-state index in [-0.39, 0.29) is 57.8 Å². The van der Waals surface area contributed by atoms with Crippen molar-refractivity contribution < 1.29 is 61.5 Å². The van der Waals surface area contributed by atoms with E-state index in [1.54, 1.807) is 97.1 Å². The summed E-state index contributed by atoms with van der Waals surface area (Å²) >= 11 is 0. The monoisotopic (exact) mass is 958 g/mol.